The maximum atomic E-state index is 13.3. The summed E-state index contributed by atoms with van der Waals surface area (Å²) in [5, 5.41) is 12.8. The van der Waals surface area contributed by atoms with Crippen LogP contribution < -0.4 is 0 Å². The fourth-order valence-electron chi connectivity index (χ4n) is 9.02. The molecule has 4 saturated carbocycles. The van der Waals surface area contributed by atoms with Gasteiger partial charge in [-0.05, 0) is 118 Å². The van der Waals surface area contributed by atoms with Crippen LogP contribution >= 0.6 is 0 Å². The first kappa shape index (κ1) is 19.6. The molecule has 0 amide bonds. The topological polar surface area (TPSA) is 23.5 Å². The molecule has 164 valence electrons. The third kappa shape index (κ3) is 2.57. The average molecular weight is 420 g/mol. The van der Waals surface area contributed by atoms with E-state index in [1.165, 1.54) is 44.2 Å². The molecule has 5 heteroatoms. The monoisotopic (exact) mass is 419 g/mol. The minimum Gasteiger partial charge on any atom is -0.383 e. The molecule has 2 saturated heterocycles. The molecular weight excluding hydrogens is 387 g/mol. The van der Waals surface area contributed by atoms with E-state index in [1.54, 1.807) is 12.1 Å². The zero-order chi connectivity index (χ0) is 20.7. The summed E-state index contributed by atoms with van der Waals surface area (Å²) in [6, 6.07) is 5.61. The number of alkyl halides is 3. The summed E-state index contributed by atoms with van der Waals surface area (Å²) in [5.41, 5.74) is -1.23. The van der Waals surface area contributed by atoms with Gasteiger partial charge in [0.05, 0.1) is 11.1 Å². The molecule has 2 aliphatic heterocycles. The number of hydrogen-bond acceptors (Lipinski definition) is 2. The van der Waals surface area contributed by atoms with Crippen molar-refractivity contribution in [3.63, 3.8) is 0 Å². The number of rotatable bonds is 3. The van der Waals surface area contributed by atoms with E-state index >= 15 is 0 Å². The Hall–Kier alpha value is -1.07. The molecule has 6 aliphatic rings. The van der Waals surface area contributed by atoms with Crippen molar-refractivity contribution in [3.05, 3.63) is 35.4 Å². The molecule has 0 radical (unpaired) electrons. The van der Waals surface area contributed by atoms with Crippen LogP contribution in [0.4, 0.5) is 13.2 Å². The quantitative estimate of drug-likeness (QED) is 0.690. The lowest BCUT2D eigenvalue weighted by atomic mass is 9.45. The number of hydrogen-bond donors (Lipinski definition) is 1. The van der Waals surface area contributed by atoms with Crippen LogP contribution in [0.3, 0.4) is 0 Å². The lowest BCUT2D eigenvalue weighted by molar-refractivity contribution is -0.201. The highest BCUT2D eigenvalue weighted by Crippen LogP contribution is 2.65. The first-order chi connectivity index (χ1) is 14.3. The molecule has 4 bridgehead atoms. The summed E-state index contributed by atoms with van der Waals surface area (Å²) in [7, 11) is 0. The van der Waals surface area contributed by atoms with Crippen molar-refractivity contribution in [1.29, 1.82) is 0 Å². The smallest absolute Gasteiger partial charge is 0.383 e. The van der Waals surface area contributed by atoms with Gasteiger partial charge in [-0.3, -0.25) is 4.90 Å². The fraction of sp³-hybridized carbons (Fsp3) is 0.760. The largest absolute Gasteiger partial charge is 0.416 e. The highest BCUT2D eigenvalue weighted by atomic mass is 19.4. The molecule has 4 aliphatic carbocycles. The van der Waals surface area contributed by atoms with Gasteiger partial charge in [0.25, 0.3) is 0 Å². The Bertz CT molecular complexity index is 781. The SMILES string of the molecule is OC(c1ccc(C(F)(F)F)cc1)(C1C2CC3CC(C2)CC1C3)C12CCCN1CCC2. The van der Waals surface area contributed by atoms with Crippen LogP contribution in [0.5, 0.6) is 0 Å². The maximum absolute atomic E-state index is 13.3. The van der Waals surface area contributed by atoms with Crippen molar-refractivity contribution < 1.29 is 18.3 Å². The number of benzene rings is 1. The Morgan fingerprint density at radius 1 is 0.800 bits per heavy atom. The van der Waals surface area contributed by atoms with Gasteiger partial charge in [-0.1, -0.05) is 12.1 Å². The van der Waals surface area contributed by atoms with E-state index in [-0.39, 0.29) is 11.5 Å². The molecule has 0 aromatic heterocycles. The molecule has 0 spiro atoms. The first-order valence-corrected chi connectivity index (χ1v) is 12.0. The summed E-state index contributed by atoms with van der Waals surface area (Å²) in [6.07, 6.45) is 5.92. The van der Waals surface area contributed by atoms with Gasteiger partial charge in [0, 0.05) is 0 Å². The van der Waals surface area contributed by atoms with Crippen LogP contribution in [0.15, 0.2) is 24.3 Å². The second-order valence-electron chi connectivity index (χ2n) is 11.0. The Balaban J connectivity index is 1.48. The summed E-state index contributed by atoms with van der Waals surface area (Å²) < 4.78 is 39.8. The van der Waals surface area contributed by atoms with Gasteiger partial charge < -0.3 is 5.11 Å². The summed E-state index contributed by atoms with van der Waals surface area (Å²) in [4.78, 5) is 2.50. The standard InChI is InChI=1S/C25H32F3NO/c26-25(27,28)21-5-3-20(4-6-21)24(30,23-7-1-9-29(23)10-2-8-23)22-18-12-16-11-17(14-18)15-19(22)13-16/h3-6,16-19,22,30H,1-2,7-15H2. The Morgan fingerprint density at radius 3 is 1.80 bits per heavy atom. The lowest BCUT2D eigenvalue weighted by Gasteiger charge is -2.62. The molecule has 7 rings (SSSR count). The third-order valence-electron chi connectivity index (χ3n) is 9.71. The molecule has 1 atom stereocenters. The normalized spacial score (nSPS) is 39.3. The minimum absolute atomic E-state index is 0.181. The van der Waals surface area contributed by atoms with Crippen LogP contribution in [-0.2, 0) is 11.8 Å². The van der Waals surface area contributed by atoms with Crippen LogP contribution in [-0.4, -0.2) is 28.6 Å². The van der Waals surface area contributed by atoms with Crippen molar-refractivity contribution in [3.8, 4) is 0 Å². The maximum Gasteiger partial charge on any atom is 0.416 e. The van der Waals surface area contributed by atoms with E-state index in [0.29, 0.717) is 11.8 Å². The van der Waals surface area contributed by atoms with Crippen LogP contribution in [0.1, 0.15) is 68.9 Å². The van der Waals surface area contributed by atoms with E-state index < -0.39 is 17.3 Å². The van der Waals surface area contributed by atoms with Crippen molar-refractivity contribution in [2.45, 2.75) is 75.1 Å². The van der Waals surface area contributed by atoms with Crippen LogP contribution in [0, 0.1) is 29.6 Å². The Morgan fingerprint density at radius 2 is 1.30 bits per heavy atom. The molecule has 1 aromatic rings. The molecule has 2 nitrogen and oxygen atoms in total. The van der Waals surface area contributed by atoms with E-state index in [9.17, 15) is 18.3 Å². The van der Waals surface area contributed by atoms with Gasteiger partial charge in [0.2, 0.25) is 0 Å². The number of halogens is 3. The van der Waals surface area contributed by atoms with Gasteiger partial charge >= 0.3 is 6.18 Å². The fourth-order valence-corrected chi connectivity index (χ4v) is 9.02. The van der Waals surface area contributed by atoms with Crippen molar-refractivity contribution in [1.82, 2.24) is 4.90 Å². The summed E-state index contributed by atoms with van der Waals surface area (Å²) >= 11 is 0. The number of aliphatic hydroxyl groups is 1. The van der Waals surface area contributed by atoms with Gasteiger partial charge in [0.1, 0.15) is 5.60 Å². The van der Waals surface area contributed by atoms with E-state index in [2.05, 4.69) is 4.90 Å². The second kappa shape index (κ2) is 6.48. The number of fused-ring (bicyclic) bond motifs is 1. The first-order valence-electron chi connectivity index (χ1n) is 12.0. The van der Waals surface area contributed by atoms with Crippen LogP contribution in [0.2, 0.25) is 0 Å². The summed E-state index contributed by atoms with van der Waals surface area (Å²) in [6.45, 7) is 2.02. The zero-order valence-electron chi connectivity index (χ0n) is 17.5. The van der Waals surface area contributed by atoms with Gasteiger partial charge in [0.15, 0.2) is 0 Å². The Kier molecular flexibility index (Phi) is 4.23. The van der Waals surface area contributed by atoms with Gasteiger partial charge in [-0.25, -0.2) is 0 Å². The molecule has 2 heterocycles. The van der Waals surface area contributed by atoms with Crippen LogP contribution in [0.25, 0.3) is 0 Å². The highest BCUT2D eigenvalue weighted by molar-refractivity contribution is 5.35. The molecule has 30 heavy (non-hydrogen) atoms. The highest BCUT2D eigenvalue weighted by Gasteiger charge is 2.66. The van der Waals surface area contributed by atoms with Crippen molar-refractivity contribution >= 4 is 0 Å². The molecule has 1 N–H and O–H groups in total. The predicted molar refractivity (Wildman–Crippen MR) is 109 cm³/mol. The van der Waals surface area contributed by atoms with Crippen molar-refractivity contribution in [2.24, 2.45) is 29.6 Å². The van der Waals surface area contributed by atoms with E-state index in [1.807, 2.05) is 0 Å². The molecule has 6 fully saturated rings. The second-order valence-corrected chi connectivity index (χ2v) is 11.0. The molecule has 1 aromatic carbocycles. The van der Waals surface area contributed by atoms with Gasteiger partial charge in [-0.2, -0.15) is 13.2 Å². The predicted octanol–water partition coefficient (Wildman–Crippen LogP) is 5.59. The minimum atomic E-state index is -4.34. The van der Waals surface area contributed by atoms with E-state index in [4.69, 9.17) is 0 Å². The molecular formula is C25H32F3NO. The van der Waals surface area contributed by atoms with E-state index in [0.717, 1.165) is 56.2 Å². The summed E-state index contributed by atoms with van der Waals surface area (Å²) in [5.74, 6) is 2.83. The third-order valence-corrected chi connectivity index (χ3v) is 9.71. The van der Waals surface area contributed by atoms with Gasteiger partial charge in [-0.15, -0.1) is 0 Å². The average Bonchev–Trinajstić information content (AvgIpc) is 3.28. The lowest BCUT2D eigenvalue weighted by Crippen LogP contribution is -2.65. The van der Waals surface area contributed by atoms with Crippen molar-refractivity contribution in [2.75, 3.05) is 13.1 Å². The zero-order valence-corrected chi connectivity index (χ0v) is 17.5. The molecule has 1 unspecified atom stereocenters. The Labute approximate surface area is 176 Å². The number of nitrogens with zero attached hydrogens (tertiary/aromatic N) is 1.